The SMILES string of the molecule is CNC(c1cncc(OC)c1)c1ncccc1Cl. The largest absolute Gasteiger partial charge is 0.495 e. The van der Waals surface area contributed by atoms with Gasteiger partial charge in [0.15, 0.2) is 0 Å². The van der Waals surface area contributed by atoms with E-state index in [2.05, 4.69) is 15.3 Å². The van der Waals surface area contributed by atoms with Crippen molar-refractivity contribution in [2.75, 3.05) is 14.2 Å². The van der Waals surface area contributed by atoms with Gasteiger partial charge in [0.1, 0.15) is 5.75 Å². The van der Waals surface area contributed by atoms with Gasteiger partial charge >= 0.3 is 0 Å². The summed E-state index contributed by atoms with van der Waals surface area (Å²) < 4.78 is 5.17. The summed E-state index contributed by atoms with van der Waals surface area (Å²) in [5, 5.41) is 3.81. The molecular formula is C13H14ClN3O. The molecule has 0 saturated carbocycles. The van der Waals surface area contributed by atoms with Gasteiger partial charge in [-0.15, -0.1) is 0 Å². The van der Waals surface area contributed by atoms with Crippen molar-refractivity contribution in [1.29, 1.82) is 0 Å². The number of ether oxygens (including phenoxy) is 1. The number of aromatic nitrogens is 2. The molecule has 1 N–H and O–H groups in total. The molecule has 2 rings (SSSR count). The van der Waals surface area contributed by atoms with Crippen LogP contribution in [0.5, 0.6) is 5.75 Å². The Morgan fingerprint density at radius 1 is 1.39 bits per heavy atom. The Morgan fingerprint density at radius 3 is 2.89 bits per heavy atom. The third-order valence-electron chi connectivity index (χ3n) is 2.65. The van der Waals surface area contributed by atoms with Gasteiger partial charge in [0.05, 0.1) is 30.1 Å². The fraction of sp³-hybridized carbons (Fsp3) is 0.231. The molecule has 0 radical (unpaired) electrons. The molecule has 2 aromatic rings. The summed E-state index contributed by atoms with van der Waals surface area (Å²) in [5.41, 5.74) is 1.73. The molecule has 0 aliphatic rings. The molecule has 0 amide bonds. The number of halogens is 1. The molecular weight excluding hydrogens is 250 g/mol. The highest BCUT2D eigenvalue weighted by molar-refractivity contribution is 6.31. The molecule has 1 unspecified atom stereocenters. The zero-order valence-corrected chi connectivity index (χ0v) is 11.0. The van der Waals surface area contributed by atoms with Gasteiger partial charge in [0, 0.05) is 12.4 Å². The van der Waals surface area contributed by atoms with E-state index in [-0.39, 0.29) is 6.04 Å². The van der Waals surface area contributed by atoms with Crippen LogP contribution in [0.4, 0.5) is 0 Å². The second kappa shape index (κ2) is 5.80. The van der Waals surface area contributed by atoms with E-state index in [1.165, 1.54) is 0 Å². The van der Waals surface area contributed by atoms with Gasteiger partial charge in [-0.25, -0.2) is 0 Å². The topological polar surface area (TPSA) is 47.0 Å². The summed E-state index contributed by atoms with van der Waals surface area (Å²) in [6.45, 7) is 0. The molecule has 0 bridgehead atoms. The van der Waals surface area contributed by atoms with Crippen molar-refractivity contribution in [2.45, 2.75) is 6.04 Å². The van der Waals surface area contributed by atoms with Crippen LogP contribution >= 0.6 is 11.6 Å². The van der Waals surface area contributed by atoms with Gasteiger partial charge in [-0.05, 0) is 30.8 Å². The lowest BCUT2D eigenvalue weighted by Gasteiger charge is -2.17. The molecule has 0 spiro atoms. The quantitative estimate of drug-likeness (QED) is 0.920. The molecule has 1 atom stereocenters. The van der Waals surface area contributed by atoms with Gasteiger partial charge in [-0.3, -0.25) is 9.97 Å². The highest BCUT2D eigenvalue weighted by atomic mass is 35.5. The third kappa shape index (κ3) is 2.60. The summed E-state index contributed by atoms with van der Waals surface area (Å²) in [6, 6.07) is 5.44. The minimum atomic E-state index is -0.110. The highest BCUT2D eigenvalue weighted by Crippen LogP contribution is 2.27. The van der Waals surface area contributed by atoms with E-state index in [9.17, 15) is 0 Å². The minimum Gasteiger partial charge on any atom is -0.495 e. The molecule has 0 aromatic carbocycles. The van der Waals surface area contributed by atoms with Crippen LogP contribution in [0.25, 0.3) is 0 Å². The van der Waals surface area contributed by atoms with Crippen molar-refractivity contribution in [3.05, 3.63) is 53.1 Å². The van der Waals surface area contributed by atoms with Gasteiger partial charge in [0.2, 0.25) is 0 Å². The second-order valence-electron chi connectivity index (χ2n) is 3.75. The summed E-state index contributed by atoms with van der Waals surface area (Å²) in [4.78, 5) is 8.46. The number of nitrogens with zero attached hydrogens (tertiary/aromatic N) is 2. The maximum atomic E-state index is 6.17. The molecule has 2 aromatic heterocycles. The monoisotopic (exact) mass is 263 g/mol. The minimum absolute atomic E-state index is 0.110. The Hall–Kier alpha value is -1.65. The standard InChI is InChI=1S/C13H14ClN3O/c1-15-12(13-11(14)4-3-5-17-13)9-6-10(18-2)8-16-7-9/h3-8,12,15H,1-2H3. The molecule has 18 heavy (non-hydrogen) atoms. The summed E-state index contributed by atoms with van der Waals surface area (Å²) in [7, 11) is 3.47. The number of hydrogen-bond acceptors (Lipinski definition) is 4. The Balaban J connectivity index is 2.42. The summed E-state index contributed by atoms with van der Waals surface area (Å²) >= 11 is 6.17. The second-order valence-corrected chi connectivity index (χ2v) is 4.16. The number of rotatable bonds is 4. The summed E-state index contributed by atoms with van der Waals surface area (Å²) in [5.74, 6) is 0.708. The van der Waals surface area contributed by atoms with Gasteiger partial charge in [0.25, 0.3) is 0 Å². The van der Waals surface area contributed by atoms with Gasteiger partial charge in [-0.1, -0.05) is 11.6 Å². The van der Waals surface area contributed by atoms with Crippen molar-refractivity contribution in [3.63, 3.8) is 0 Å². The van der Waals surface area contributed by atoms with Crippen molar-refractivity contribution in [3.8, 4) is 5.75 Å². The molecule has 94 valence electrons. The first kappa shape index (κ1) is 12.8. The van der Waals surface area contributed by atoms with Crippen molar-refractivity contribution < 1.29 is 4.74 Å². The zero-order valence-electron chi connectivity index (χ0n) is 10.2. The average Bonchev–Trinajstić information content (AvgIpc) is 2.42. The number of nitrogens with one attached hydrogen (secondary N) is 1. The predicted octanol–water partition coefficient (Wildman–Crippen LogP) is 2.45. The van der Waals surface area contributed by atoms with Crippen LogP contribution in [-0.4, -0.2) is 24.1 Å². The van der Waals surface area contributed by atoms with E-state index < -0.39 is 0 Å². The van der Waals surface area contributed by atoms with Crippen molar-refractivity contribution in [2.24, 2.45) is 0 Å². The highest BCUT2D eigenvalue weighted by Gasteiger charge is 2.17. The van der Waals surface area contributed by atoms with E-state index in [0.29, 0.717) is 10.8 Å². The van der Waals surface area contributed by atoms with Crippen LogP contribution < -0.4 is 10.1 Å². The lowest BCUT2D eigenvalue weighted by Crippen LogP contribution is -2.19. The van der Waals surface area contributed by atoms with E-state index in [1.807, 2.05) is 25.2 Å². The van der Waals surface area contributed by atoms with E-state index in [1.54, 1.807) is 25.7 Å². The smallest absolute Gasteiger partial charge is 0.137 e. The fourth-order valence-electron chi connectivity index (χ4n) is 1.78. The van der Waals surface area contributed by atoms with E-state index in [4.69, 9.17) is 16.3 Å². The van der Waals surface area contributed by atoms with E-state index >= 15 is 0 Å². The maximum absolute atomic E-state index is 6.17. The first-order valence-electron chi connectivity index (χ1n) is 5.53. The van der Waals surface area contributed by atoms with Crippen LogP contribution in [0.15, 0.2) is 36.8 Å². The molecule has 0 aliphatic heterocycles. The number of methoxy groups -OCH3 is 1. The normalized spacial score (nSPS) is 12.2. The first-order valence-corrected chi connectivity index (χ1v) is 5.90. The molecule has 4 nitrogen and oxygen atoms in total. The van der Waals surface area contributed by atoms with Crippen LogP contribution in [0.3, 0.4) is 0 Å². The molecule has 0 aliphatic carbocycles. The lowest BCUT2D eigenvalue weighted by molar-refractivity contribution is 0.411. The van der Waals surface area contributed by atoms with E-state index in [0.717, 1.165) is 11.3 Å². The molecule has 0 saturated heterocycles. The number of pyridine rings is 2. The van der Waals surface area contributed by atoms with Gasteiger partial charge < -0.3 is 10.1 Å². The van der Waals surface area contributed by atoms with Crippen LogP contribution in [0.2, 0.25) is 5.02 Å². The predicted molar refractivity (Wildman–Crippen MR) is 70.9 cm³/mol. The Morgan fingerprint density at radius 2 is 2.22 bits per heavy atom. The molecule has 2 heterocycles. The molecule has 5 heteroatoms. The number of hydrogen-bond donors (Lipinski definition) is 1. The first-order chi connectivity index (χ1) is 8.76. The third-order valence-corrected chi connectivity index (χ3v) is 2.97. The maximum Gasteiger partial charge on any atom is 0.137 e. The molecule has 0 fully saturated rings. The zero-order chi connectivity index (χ0) is 13.0. The Bertz CT molecular complexity index is 533. The van der Waals surface area contributed by atoms with Crippen LogP contribution in [0.1, 0.15) is 17.3 Å². The summed E-state index contributed by atoms with van der Waals surface area (Å²) in [6.07, 6.45) is 5.16. The van der Waals surface area contributed by atoms with Crippen molar-refractivity contribution in [1.82, 2.24) is 15.3 Å². The lowest BCUT2D eigenvalue weighted by atomic mass is 10.1. The van der Waals surface area contributed by atoms with Gasteiger partial charge in [-0.2, -0.15) is 0 Å². The Labute approximate surface area is 111 Å². The average molecular weight is 264 g/mol. The Kier molecular flexibility index (Phi) is 4.12. The fourth-order valence-corrected chi connectivity index (χ4v) is 2.01. The van der Waals surface area contributed by atoms with Crippen molar-refractivity contribution >= 4 is 11.6 Å². The van der Waals surface area contributed by atoms with Crippen LogP contribution in [0, 0.1) is 0 Å². The van der Waals surface area contributed by atoms with Crippen LogP contribution in [-0.2, 0) is 0 Å².